The maximum absolute atomic E-state index is 4.39. The minimum Gasteiger partial charge on any atom is -0.339 e. The van der Waals surface area contributed by atoms with Crippen LogP contribution in [-0.4, -0.2) is 47.1 Å². The molecule has 0 spiro atoms. The van der Waals surface area contributed by atoms with E-state index in [2.05, 4.69) is 33.6 Å². The molecule has 0 aromatic carbocycles. The summed E-state index contributed by atoms with van der Waals surface area (Å²) >= 11 is 0. The van der Waals surface area contributed by atoms with Crippen molar-refractivity contribution in [3.8, 4) is 0 Å². The van der Waals surface area contributed by atoms with Crippen LogP contribution in [0.15, 0.2) is 18.5 Å². The third-order valence-electron chi connectivity index (χ3n) is 4.82. The Labute approximate surface area is 122 Å². The zero-order valence-electron chi connectivity index (χ0n) is 12.8. The van der Waals surface area contributed by atoms with Crippen LogP contribution >= 0.6 is 0 Å². The molecule has 0 N–H and O–H groups in total. The first kappa shape index (κ1) is 13.8. The normalized spacial score (nSPS) is 27.5. The predicted octanol–water partition coefficient (Wildman–Crippen LogP) is 2.57. The summed E-state index contributed by atoms with van der Waals surface area (Å²) in [7, 11) is 0. The van der Waals surface area contributed by atoms with Crippen molar-refractivity contribution in [2.75, 3.05) is 31.1 Å². The molecular weight excluding hydrogens is 248 g/mol. The zero-order valence-corrected chi connectivity index (χ0v) is 12.8. The van der Waals surface area contributed by atoms with Gasteiger partial charge in [0.15, 0.2) is 0 Å². The van der Waals surface area contributed by atoms with E-state index in [0.29, 0.717) is 5.41 Å². The third kappa shape index (κ3) is 3.11. The molecule has 0 bridgehead atoms. The lowest BCUT2D eigenvalue weighted by Gasteiger charge is -2.28. The SMILES string of the molecule is CC1(C)CCC(N2CCCN(c3ncccn3)CC2)C1. The van der Waals surface area contributed by atoms with Gasteiger partial charge in [-0.15, -0.1) is 0 Å². The van der Waals surface area contributed by atoms with Gasteiger partial charge in [-0.05, 0) is 37.2 Å². The van der Waals surface area contributed by atoms with Gasteiger partial charge in [-0.1, -0.05) is 13.8 Å². The van der Waals surface area contributed by atoms with Crippen LogP contribution in [0, 0.1) is 5.41 Å². The molecule has 1 saturated carbocycles. The minimum absolute atomic E-state index is 0.541. The van der Waals surface area contributed by atoms with Crippen molar-refractivity contribution < 1.29 is 0 Å². The highest BCUT2D eigenvalue weighted by Crippen LogP contribution is 2.39. The number of anilines is 1. The van der Waals surface area contributed by atoms with Gasteiger partial charge in [0, 0.05) is 44.6 Å². The first-order valence-electron chi connectivity index (χ1n) is 7.90. The van der Waals surface area contributed by atoms with Gasteiger partial charge in [0.1, 0.15) is 0 Å². The summed E-state index contributed by atoms with van der Waals surface area (Å²) in [5.74, 6) is 0.890. The Hall–Kier alpha value is -1.16. The van der Waals surface area contributed by atoms with Crippen LogP contribution < -0.4 is 4.90 Å². The van der Waals surface area contributed by atoms with Gasteiger partial charge >= 0.3 is 0 Å². The Balaban J connectivity index is 1.60. The van der Waals surface area contributed by atoms with Gasteiger partial charge in [0.05, 0.1) is 0 Å². The maximum atomic E-state index is 4.39. The highest BCUT2D eigenvalue weighted by molar-refractivity contribution is 5.28. The molecule has 4 heteroatoms. The summed E-state index contributed by atoms with van der Waals surface area (Å²) in [4.78, 5) is 13.8. The Morgan fingerprint density at radius 3 is 2.60 bits per heavy atom. The molecule has 1 atom stereocenters. The number of aromatic nitrogens is 2. The van der Waals surface area contributed by atoms with Crippen molar-refractivity contribution in [3.05, 3.63) is 18.5 Å². The van der Waals surface area contributed by atoms with Crippen LogP contribution in [0.1, 0.15) is 39.5 Å². The van der Waals surface area contributed by atoms with Crippen molar-refractivity contribution in [2.24, 2.45) is 5.41 Å². The quantitative estimate of drug-likeness (QED) is 0.829. The molecule has 0 radical (unpaired) electrons. The highest BCUT2D eigenvalue weighted by Gasteiger charge is 2.34. The fourth-order valence-corrected chi connectivity index (χ4v) is 3.67. The molecule has 0 amide bonds. The second kappa shape index (κ2) is 5.68. The molecule has 1 unspecified atom stereocenters. The Morgan fingerprint density at radius 1 is 1.10 bits per heavy atom. The highest BCUT2D eigenvalue weighted by atomic mass is 15.3. The van der Waals surface area contributed by atoms with Crippen molar-refractivity contribution in [1.82, 2.24) is 14.9 Å². The third-order valence-corrected chi connectivity index (χ3v) is 4.82. The first-order chi connectivity index (χ1) is 9.64. The van der Waals surface area contributed by atoms with Crippen molar-refractivity contribution in [2.45, 2.75) is 45.6 Å². The summed E-state index contributed by atoms with van der Waals surface area (Å²) in [5.41, 5.74) is 0.541. The van der Waals surface area contributed by atoms with Gasteiger partial charge < -0.3 is 4.90 Å². The van der Waals surface area contributed by atoms with E-state index in [1.807, 2.05) is 18.5 Å². The number of hydrogen-bond acceptors (Lipinski definition) is 4. The lowest BCUT2D eigenvalue weighted by Crippen LogP contribution is -2.37. The van der Waals surface area contributed by atoms with Crippen LogP contribution in [0.2, 0.25) is 0 Å². The van der Waals surface area contributed by atoms with E-state index in [1.54, 1.807) is 0 Å². The van der Waals surface area contributed by atoms with E-state index in [9.17, 15) is 0 Å². The van der Waals surface area contributed by atoms with E-state index in [0.717, 1.165) is 31.6 Å². The van der Waals surface area contributed by atoms with Crippen molar-refractivity contribution in [3.63, 3.8) is 0 Å². The zero-order chi connectivity index (χ0) is 14.0. The van der Waals surface area contributed by atoms with Crippen LogP contribution in [0.25, 0.3) is 0 Å². The maximum Gasteiger partial charge on any atom is 0.225 e. The lowest BCUT2D eigenvalue weighted by atomic mass is 9.91. The van der Waals surface area contributed by atoms with E-state index in [1.165, 1.54) is 32.2 Å². The van der Waals surface area contributed by atoms with Crippen LogP contribution in [-0.2, 0) is 0 Å². The Bertz CT molecular complexity index is 431. The monoisotopic (exact) mass is 274 g/mol. The van der Waals surface area contributed by atoms with Crippen LogP contribution in [0.4, 0.5) is 5.95 Å². The smallest absolute Gasteiger partial charge is 0.225 e. The van der Waals surface area contributed by atoms with E-state index >= 15 is 0 Å². The standard InChI is InChI=1S/C16H26N4/c1-16(2)6-5-14(13-16)19-9-4-10-20(12-11-19)15-17-7-3-8-18-15/h3,7-8,14H,4-6,9-13H2,1-2H3. The number of rotatable bonds is 2. The minimum atomic E-state index is 0.541. The molecule has 1 aromatic heterocycles. The summed E-state index contributed by atoms with van der Waals surface area (Å²) in [6.07, 6.45) is 8.99. The lowest BCUT2D eigenvalue weighted by molar-refractivity contribution is 0.198. The van der Waals surface area contributed by atoms with E-state index < -0.39 is 0 Å². The molecule has 2 heterocycles. The number of hydrogen-bond donors (Lipinski definition) is 0. The fourth-order valence-electron chi connectivity index (χ4n) is 3.67. The molecule has 2 fully saturated rings. The van der Waals surface area contributed by atoms with Gasteiger partial charge in [0.2, 0.25) is 5.95 Å². The summed E-state index contributed by atoms with van der Waals surface area (Å²) in [6, 6.07) is 2.68. The van der Waals surface area contributed by atoms with E-state index in [-0.39, 0.29) is 0 Å². The molecule has 110 valence electrons. The average Bonchev–Trinajstić information content (AvgIpc) is 2.67. The average molecular weight is 274 g/mol. The van der Waals surface area contributed by atoms with Gasteiger partial charge in [0.25, 0.3) is 0 Å². The molecule has 1 aliphatic carbocycles. The second-order valence-electron chi connectivity index (χ2n) is 6.99. The van der Waals surface area contributed by atoms with Crippen LogP contribution in [0.5, 0.6) is 0 Å². The van der Waals surface area contributed by atoms with Crippen molar-refractivity contribution >= 4 is 5.95 Å². The Morgan fingerprint density at radius 2 is 1.90 bits per heavy atom. The molecule has 20 heavy (non-hydrogen) atoms. The molecule has 4 nitrogen and oxygen atoms in total. The fraction of sp³-hybridized carbons (Fsp3) is 0.750. The predicted molar refractivity (Wildman–Crippen MR) is 81.9 cm³/mol. The van der Waals surface area contributed by atoms with Crippen molar-refractivity contribution in [1.29, 1.82) is 0 Å². The largest absolute Gasteiger partial charge is 0.339 e. The molecule has 1 aromatic rings. The molecule has 1 saturated heterocycles. The van der Waals surface area contributed by atoms with Gasteiger partial charge in [-0.25, -0.2) is 9.97 Å². The summed E-state index contributed by atoms with van der Waals surface area (Å²) < 4.78 is 0. The molecule has 2 aliphatic rings. The molecule has 3 rings (SSSR count). The molecule has 1 aliphatic heterocycles. The van der Waals surface area contributed by atoms with Gasteiger partial charge in [-0.3, -0.25) is 4.90 Å². The Kier molecular flexibility index (Phi) is 3.92. The topological polar surface area (TPSA) is 32.3 Å². The van der Waals surface area contributed by atoms with Gasteiger partial charge in [-0.2, -0.15) is 0 Å². The second-order valence-corrected chi connectivity index (χ2v) is 6.99. The summed E-state index contributed by atoms with van der Waals surface area (Å²) in [5, 5.41) is 0. The number of nitrogens with zero attached hydrogens (tertiary/aromatic N) is 4. The van der Waals surface area contributed by atoms with E-state index in [4.69, 9.17) is 0 Å². The molecular formula is C16H26N4. The summed E-state index contributed by atoms with van der Waals surface area (Å²) in [6.45, 7) is 9.34. The first-order valence-corrected chi connectivity index (χ1v) is 7.90. The van der Waals surface area contributed by atoms with Crippen LogP contribution in [0.3, 0.4) is 0 Å².